The van der Waals surface area contributed by atoms with E-state index >= 15 is 0 Å². The molecule has 3 heterocycles. The molecule has 1 aromatic carbocycles. The van der Waals surface area contributed by atoms with E-state index in [0.717, 1.165) is 25.7 Å². The van der Waals surface area contributed by atoms with E-state index < -0.39 is 0 Å². The fourth-order valence-corrected chi connectivity index (χ4v) is 3.79. The lowest BCUT2D eigenvalue weighted by atomic mass is 9.84. The van der Waals surface area contributed by atoms with Crippen LogP contribution in [0.15, 0.2) is 41.2 Å². The zero-order valence-electron chi connectivity index (χ0n) is 14.6. The number of carbonyl (C=O) groups is 1. The second kappa shape index (κ2) is 7.09. The van der Waals surface area contributed by atoms with E-state index in [1.807, 2.05) is 30.3 Å². The van der Waals surface area contributed by atoms with E-state index in [4.69, 9.17) is 9.47 Å². The molecule has 0 aliphatic carbocycles. The summed E-state index contributed by atoms with van der Waals surface area (Å²) in [6.45, 7) is 2.04. The molecular weight excluding hydrogens is 334 g/mol. The molecule has 0 unspecified atom stereocenters. The quantitative estimate of drug-likeness (QED) is 0.874. The molecule has 1 amide bonds. The van der Waals surface area contributed by atoms with Crippen LogP contribution < -0.4 is 10.9 Å². The third-order valence-electron chi connectivity index (χ3n) is 5.21. The van der Waals surface area contributed by atoms with Crippen LogP contribution in [0.25, 0.3) is 5.69 Å². The summed E-state index contributed by atoms with van der Waals surface area (Å²) in [5.74, 6) is -0.258. The van der Waals surface area contributed by atoms with Crippen molar-refractivity contribution in [3.63, 3.8) is 0 Å². The molecule has 0 bridgehead atoms. The maximum atomic E-state index is 12.6. The van der Waals surface area contributed by atoms with Gasteiger partial charge in [-0.1, -0.05) is 18.2 Å². The summed E-state index contributed by atoms with van der Waals surface area (Å²) in [5.41, 5.74) is 0.530. The van der Waals surface area contributed by atoms with Gasteiger partial charge in [0.2, 0.25) is 0 Å². The predicted molar refractivity (Wildman–Crippen MR) is 95.6 cm³/mol. The highest BCUT2D eigenvalue weighted by Gasteiger charge is 2.39. The van der Waals surface area contributed by atoms with Crippen molar-refractivity contribution in [1.29, 1.82) is 0 Å². The molecule has 2 aliphatic rings. The van der Waals surface area contributed by atoms with Gasteiger partial charge in [0.1, 0.15) is 5.69 Å². The Morgan fingerprint density at radius 3 is 2.73 bits per heavy atom. The first-order valence-electron chi connectivity index (χ1n) is 9.05. The highest BCUT2D eigenvalue weighted by atomic mass is 16.5. The lowest BCUT2D eigenvalue weighted by Gasteiger charge is -2.43. The zero-order valence-corrected chi connectivity index (χ0v) is 14.6. The van der Waals surface area contributed by atoms with E-state index in [-0.39, 0.29) is 28.8 Å². The number of carbonyl (C=O) groups excluding carboxylic acids is 1. The largest absolute Gasteiger partial charge is 0.381 e. The number of ether oxygens (including phenoxy) is 2. The Balaban J connectivity index is 1.46. The summed E-state index contributed by atoms with van der Waals surface area (Å²) in [6.07, 6.45) is 3.28. The molecule has 0 saturated carbocycles. The van der Waals surface area contributed by atoms with Gasteiger partial charge in [-0.2, -0.15) is 0 Å². The van der Waals surface area contributed by atoms with E-state index in [2.05, 4.69) is 10.4 Å². The van der Waals surface area contributed by atoms with Crippen molar-refractivity contribution in [2.24, 2.45) is 0 Å². The molecule has 2 fully saturated rings. The van der Waals surface area contributed by atoms with Gasteiger partial charge in [-0.05, 0) is 37.8 Å². The summed E-state index contributed by atoms with van der Waals surface area (Å²) >= 11 is 0. The van der Waals surface area contributed by atoms with Gasteiger partial charge in [-0.25, -0.2) is 4.68 Å². The molecule has 1 spiro atoms. The van der Waals surface area contributed by atoms with Gasteiger partial charge < -0.3 is 14.8 Å². The minimum Gasteiger partial charge on any atom is -0.381 e. The van der Waals surface area contributed by atoms with Gasteiger partial charge >= 0.3 is 0 Å². The maximum absolute atomic E-state index is 12.6. The molecule has 138 valence electrons. The summed E-state index contributed by atoms with van der Waals surface area (Å²) in [6, 6.07) is 10.6. The Hall–Kier alpha value is -2.38. The highest BCUT2D eigenvalue weighted by molar-refractivity contribution is 5.92. The normalized spacial score (nSPS) is 22.2. The second-order valence-electron chi connectivity index (χ2n) is 6.99. The fourth-order valence-electron chi connectivity index (χ4n) is 3.79. The smallest absolute Gasteiger partial charge is 0.271 e. The molecule has 4 rings (SSSR count). The zero-order chi connectivity index (χ0) is 18.0. The van der Waals surface area contributed by atoms with Crippen molar-refractivity contribution < 1.29 is 14.3 Å². The van der Waals surface area contributed by atoms with Gasteiger partial charge in [0, 0.05) is 31.9 Å². The van der Waals surface area contributed by atoms with Gasteiger partial charge in [0.05, 0.1) is 11.3 Å². The summed E-state index contributed by atoms with van der Waals surface area (Å²) in [5, 5.41) is 5.95. The van der Waals surface area contributed by atoms with Crippen molar-refractivity contribution in [2.45, 2.75) is 37.3 Å². The van der Waals surface area contributed by atoms with Crippen LogP contribution in [0.4, 0.5) is 0 Å². The number of nitrogens with one attached hydrogen (secondary N) is 2. The predicted octanol–water partition coefficient (Wildman–Crippen LogP) is 1.62. The molecule has 2 saturated heterocycles. The molecule has 2 aliphatic heterocycles. The lowest BCUT2D eigenvalue weighted by Crippen LogP contribution is -2.51. The molecule has 1 atom stereocenters. The Labute approximate surface area is 151 Å². The van der Waals surface area contributed by atoms with Crippen LogP contribution >= 0.6 is 0 Å². The average molecular weight is 357 g/mol. The second-order valence-corrected chi connectivity index (χ2v) is 6.99. The Morgan fingerprint density at radius 2 is 1.96 bits per heavy atom. The summed E-state index contributed by atoms with van der Waals surface area (Å²) < 4.78 is 12.8. The number of rotatable bonds is 3. The number of aromatic amines is 1. The SMILES string of the molecule is O=C(N[C@@H]1CCOC2(CCOCC2)C1)c1cc(=O)n(-c2ccccc2)[nH]1. The lowest BCUT2D eigenvalue weighted by molar-refractivity contribution is -0.139. The van der Waals surface area contributed by atoms with Crippen LogP contribution in [0.5, 0.6) is 0 Å². The van der Waals surface area contributed by atoms with Crippen LogP contribution in [-0.4, -0.2) is 47.2 Å². The Morgan fingerprint density at radius 1 is 1.19 bits per heavy atom. The first kappa shape index (κ1) is 17.1. The van der Waals surface area contributed by atoms with Crippen LogP contribution in [-0.2, 0) is 9.47 Å². The van der Waals surface area contributed by atoms with Gasteiger partial charge in [0.15, 0.2) is 0 Å². The summed E-state index contributed by atoms with van der Waals surface area (Å²) in [4.78, 5) is 24.8. The third kappa shape index (κ3) is 3.45. The van der Waals surface area contributed by atoms with E-state index in [1.165, 1.54) is 10.7 Å². The molecule has 2 aromatic rings. The van der Waals surface area contributed by atoms with Gasteiger partial charge in [-0.15, -0.1) is 0 Å². The maximum Gasteiger partial charge on any atom is 0.271 e. The van der Waals surface area contributed by atoms with Crippen molar-refractivity contribution in [1.82, 2.24) is 15.1 Å². The standard InChI is InChI=1S/C19H23N3O4/c23-17-12-16(21-22(17)15-4-2-1-3-5-15)18(24)20-14-6-9-26-19(13-14)7-10-25-11-8-19/h1-5,12,14,21H,6-11,13H2,(H,20,24)/t14-/m1/s1. The first-order chi connectivity index (χ1) is 12.7. The van der Waals surface area contributed by atoms with Gasteiger partial charge in [0.25, 0.3) is 11.5 Å². The Kier molecular flexibility index (Phi) is 4.65. The van der Waals surface area contributed by atoms with Crippen LogP contribution in [0.3, 0.4) is 0 Å². The topological polar surface area (TPSA) is 85.3 Å². The minimum absolute atomic E-state index is 0.0397. The highest BCUT2D eigenvalue weighted by Crippen LogP contribution is 2.34. The van der Waals surface area contributed by atoms with Crippen molar-refractivity contribution in [3.05, 3.63) is 52.4 Å². The average Bonchev–Trinajstić information content (AvgIpc) is 3.05. The number of H-pyrrole nitrogens is 1. The first-order valence-corrected chi connectivity index (χ1v) is 9.05. The van der Waals surface area contributed by atoms with Crippen LogP contribution in [0.2, 0.25) is 0 Å². The number of nitrogens with zero attached hydrogens (tertiary/aromatic N) is 1. The number of aromatic nitrogens is 2. The van der Waals surface area contributed by atoms with Gasteiger partial charge in [-0.3, -0.25) is 14.7 Å². The van der Waals surface area contributed by atoms with Crippen molar-refractivity contribution >= 4 is 5.91 Å². The number of para-hydroxylation sites is 1. The van der Waals surface area contributed by atoms with E-state index in [0.29, 0.717) is 25.5 Å². The number of hydrogen-bond donors (Lipinski definition) is 2. The Bertz CT molecular complexity index is 815. The molecule has 7 heteroatoms. The molecule has 0 radical (unpaired) electrons. The summed E-state index contributed by atoms with van der Waals surface area (Å²) in [7, 11) is 0. The molecular formula is C19H23N3O4. The number of amides is 1. The monoisotopic (exact) mass is 357 g/mol. The van der Waals surface area contributed by atoms with Crippen molar-refractivity contribution in [3.8, 4) is 5.69 Å². The number of hydrogen-bond acceptors (Lipinski definition) is 4. The molecule has 26 heavy (non-hydrogen) atoms. The van der Waals surface area contributed by atoms with E-state index in [9.17, 15) is 9.59 Å². The molecule has 2 N–H and O–H groups in total. The number of benzene rings is 1. The fraction of sp³-hybridized carbons (Fsp3) is 0.474. The molecule has 1 aromatic heterocycles. The van der Waals surface area contributed by atoms with Crippen molar-refractivity contribution in [2.75, 3.05) is 19.8 Å². The van der Waals surface area contributed by atoms with E-state index in [1.54, 1.807) is 0 Å². The molecule has 7 nitrogen and oxygen atoms in total. The van der Waals surface area contributed by atoms with Crippen LogP contribution in [0.1, 0.15) is 36.2 Å². The minimum atomic E-state index is -0.258. The third-order valence-corrected chi connectivity index (χ3v) is 5.21. The van der Waals surface area contributed by atoms with Crippen LogP contribution in [0, 0.1) is 0 Å².